The molecule has 2 aromatic heterocycles. The predicted molar refractivity (Wildman–Crippen MR) is 175 cm³/mol. The number of carbonyl (C=O) groups is 2. The number of nitrogens with zero attached hydrogens (tertiary/aromatic N) is 4. The SMILES string of the molecule is COc1cc2c(cc1C(=O)NCCCN1CCC(F)CC1)sc1nc(-c3ccc(C4CCCN4C(=O)OC(C)(C)C)cc3F)cn12. The van der Waals surface area contributed by atoms with Gasteiger partial charge in [-0.2, -0.15) is 0 Å². The minimum Gasteiger partial charge on any atom is -0.496 e. The van der Waals surface area contributed by atoms with Crippen molar-refractivity contribution in [1.29, 1.82) is 0 Å². The van der Waals surface area contributed by atoms with Crippen molar-refractivity contribution in [1.82, 2.24) is 24.5 Å². The van der Waals surface area contributed by atoms with Gasteiger partial charge >= 0.3 is 6.09 Å². The van der Waals surface area contributed by atoms with Gasteiger partial charge in [0.2, 0.25) is 0 Å². The molecule has 1 atom stereocenters. The summed E-state index contributed by atoms with van der Waals surface area (Å²) in [6.45, 7) is 8.92. The van der Waals surface area contributed by atoms with Crippen LogP contribution in [0.3, 0.4) is 0 Å². The number of carbonyl (C=O) groups excluding carboxylic acids is 2. The maximum atomic E-state index is 15.6. The average molecular weight is 654 g/mol. The van der Waals surface area contributed by atoms with E-state index in [2.05, 4.69) is 10.2 Å². The minimum atomic E-state index is -0.695. The van der Waals surface area contributed by atoms with Crippen LogP contribution in [0.15, 0.2) is 36.5 Å². The van der Waals surface area contributed by atoms with E-state index in [9.17, 15) is 14.0 Å². The lowest BCUT2D eigenvalue weighted by atomic mass is 10.0. The number of amides is 2. The molecule has 0 saturated carbocycles. The Morgan fingerprint density at radius 2 is 1.89 bits per heavy atom. The van der Waals surface area contributed by atoms with E-state index >= 15 is 4.39 Å². The van der Waals surface area contributed by atoms with Crippen LogP contribution in [0.4, 0.5) is 13.6 Å². The predicted octanol–water partition coefficient (Wildman–Crippen LogP) is 6.99. The first kappa shape index (κ1) is 32.2. The summed E-state index contributed by atoms with van der Waals surface area (Å²) in [6, 6.07) is 8.45. The van der Waals surface area contributed by atoms with Crippen molar-refractivity contribution in [3.05, 3.63) is 53.5 Å². The zero-order valence-corrected chi connectivity index (χ0v) is 27.6. The molecule has 12 heteroatoms. The Labute approximate surface area is 271 Å². The summed E-state index contributed by atoms with van der Waals surface area (Å²) in [6.07, 6.45) is 4.21. The normalized spacial score (nSPS) is 18.0. The molecule has 6 rings (SSSR count). The Hall–Kier alpha value is -3.77. The smallest absolute Gasteiger partial charge is 0.410 e. The molecular weight excluding hydrogens is 612 g/mol. The summed E-state index contributed by atoms with van der Waals surface area (Å²) < 4.78 is 42.9. The van der Waals surface area contributed by atoms with Gasteiger partial charge in [0.05, 0.1) is 34.6 Å². The lowest BCUT2D eigenvalue weighted by molar-refractivity contribution is 0.0224. The van der Waals surface area contributed by atoms with Gasteiger partial charge in [-0.1, -0.05) is 17.4 Å². The van der Waals surface area contributed by atoms with E-state index in [1.807, 2.05) is 43.4 Å². The van der Waals surface area contributed by atoms with Crippen LogP contribution < -0.4 is 10.1 Å². The number of hydrogen-bond acceptors (Lipinski definition) is 7. The van der Waals surface area contributed by atoms with E-state index in [-0.39, 0.29) is 18.0 Å². The molecule has 4 aromatic rings. The highest BCUT2D eigenvalue weighted by atomic mass is 32.1. The molecule has 2 aliphatic rings. The van der Waals surface area contributed by atoms with Crippen LogP contribution in [0.5, 0.6) is 5.75 Å². The van der Waals surface area contributed by atoms with E-state index in [4.69, 9.17) is 14.5 Å². The highest BCUT2D eigenvalue weighted by Gasteiger charge is 2.33. The Morgan fingerprint density at radius 1 is 1.11 bits per heavy atom. The number of aromatic nitrogens is 2. The molecule has 1 unspecified atom stereocenters. The number of ether oxygens (including phenoxy) is 2. The van der Waals surface area contributed by atoms with Gasteiger partial charge in [-0.25, -0.2) is 18.6 Å². The Bertz CT molecular complexity index is 1740. The standard InChI is InChI=1S/C34H41F2N5O4S/c1-34(2,3)45-33(43)40-14-5-7-27(40)21-8-9-23(25(36)17-21)26-20-41-28-19-29(44-4)24(18-30(28)46-32(41)38-26)31(42)37-12-6-13-39-15-10-22(35)11-16-39/h8-9,17-20,22,27H,5-7,10-16H2,1-4H3,(H,37,42). The third-order valence-corrected chi connectivity index (χ3v) is 9.67. The molecule has 0 spiro atoms. The number of piperidine rings is 1. The molecular formula is C34H41F2N5O4S. The van der Waals surface area contributed by atoms with Crippen LogP contribution in [0, 0.1) is 5.82 Å². The van der Waals surface area contributed by atoms with Gasteiger partial charge in [0.25, 0.3) is 5.91 Å². The van der Waals surface area contributed by atoms with Crippen LogP contribution >= 0.6 is 11.3 Å². The topological polar surface area (TPSA) is 88.4 Å². The number of rotatable bonds is 8. The fourth-order valence-electron chi connectivity index (χ4n) is 6.33. The van der Waals surface area contributed by atoms with Crippen molar-refractivity contribution in [2.24, 2.45) is 0 Å². The van der Waals surface area contributed by atoms with Crippen molar-refractivity contribution in [3.8, 4) is 17.0 Å². The van der Waals surface area contributed by atoms with Gasteiger partial charge in [-0.15, -0.1) is 0 Å². The van der Waals surface area contributed by atoms with Crippen LogP contribution in [0.2, 0.25) is 0 Å². The van der Waals surface area contributed by atoms with Crippen LogP contribution in [0.1, 0.15) is 74.8 Å². The summed E-state index contributed by atoms with van der Waals surface area (Å²) in [5.41, 5.74) is 2.22. The van der Waals surface area contributed by atoms with E-state index < -0.39 is 17.6 Å². The zero-order valence-electron chi connectivity index (χ0n) is 26.8. The monoisotopic (exact) mass is 653 g/mol. The van der Waals surface area contributed by atoms with Gasteiger partial charge in [-0.05, 0) is 83.2 Å². The first-order chi connectivity index (χ1) is 22.0. The van der Waals surface area contributed by atoms with Crippen LogP contribution in [-0.2, 0) is 4.74 Å². The van der Waals surface area contributed by atoms with Crippen LogP contribution in [-0.4, -0.2) is 82.8 Å². The number of hydrogen-bond donors (Lipinski definition) is 1. The molecule has 2 amide bonds. The largest absolute Gasteiger partial charge is 0.496 e. The second kappa shape index (κ2) is 13.2. The number of fused-ring (bicyclic) bond motifs is 3. The molecule has 0 bridgehead atoms. The molecule has 0 aliphatic carbocycles. The fraction of sp³-hybridized carbons (Fsp3) is 0.500. The fourth-order valence-corrected chi connectivity index (χ4v) is 7.35. The molecule has 2 aliphatic heterocycles. The summed E-state index contributed by atoms with van der Waals surface area (Å²) in [4.78, 5) is 35.2. The minimum absolute atomic E-state index is 0.220. The second-order valence-corrected chi connectivity index (χ2v) is 14.1. The lowest BCUT2D eigenvalue weighted by Gasteiger charge is -2.29. The summed E-state index contributed by atoms with van der Waals surface area (Å²) in [7, 11) is 1.53. The number of nitrogens with one attached hydrogen (secondary N) is 1. The van der Waals surface area contributed by atoms with Crippen molar-refractivity contribution >= 4 is 38.5 Å². The third-order valence-electron chi connectivity index (χ3n) is 8.65. The number of thiazole rings is 1. The Kier molecular flexibility index (Phi) is 9.20. The highest BCUT2D eigenvalue weighted by Crippen LogP contribution is 2.37. The molecule has 4 heterocycles. The number of methoxy groups -OCH3 is 1. The molecule has 246 valence electrons. The van der Waals surface area contributed by atoms with Crippen molar-refractivity contribution in [2.75, 3.05) is 39.8 Å². The number of benzene rings is 2. The first-order valence-corrected chi connectivity index (χ1v) is 16.8. The van der Waals surface area contributed by atoms with Gasteiger partial charge in [0, 0.05) is 44.0 Å². The van der Waals surface area contributed by atoms with E-state index in [1.165, 1.54) is 24.5 Å². The number of halogens is 2. The van der Waals surface area contributed by atoms with Gasteiger partial charge in [0.15, 0.2) is 4.96 Å². The average Bonchev–Trinajstić information content (AvgIpc) is 3.74. The molecule has 1 N–H and O–H groups in total. The quantitative estimate of drug-likeness (QED) is 0.206. The Balaban J connectivity index is 1.16. The number of imidazole rings is 1. The Morgan fingerprint density at radius 3 is 2.61 bits per heavy atom. The lowest BCUT2D eigenvalue weighted by Crippen LogP contribution is -2.36. The molecule has 2 saturated heterocycles. The number of likely N-dealkylation sites (tertiary alicyclic amines) is 2. The zero-order chi connectivity index (χ0) is 32.6. The maximum Gasteiger partial charge on any atom is 0.410 e. The van der Waals surface area contributed by atoms with E-state index in [0.717, 1.165) is 54.7 Å². The molecule has 2 fully saturated rings. The maximum absolute atomic E-state index is 15.6. The second-order valence-electron chi connectivity index (χ2n) is 13.1. The van der Waals surface area contributed by atoms with Gasteiger partial charge in [-0.3, -0.25) is 9.20 Å². The first-order valence-electron chi connectivity index (χ1n) is 15.9. The molecule has 46 heavy (non-hydrogen) atoms. The molecule has 2 aromatic carbocycles. The van der Waals surface area contributed by atoms with Gasteiger partial charge < -0.3 is 24.6 Å². The summed E-state index contributed by atoms with van der Waals surface area (Å²) in [5, 5.41) is 2.99. The number of alkyl halides is 1. The van der Waals surface area contributed by atoms with E-state index in [1.54, 1.807) is 17.2 Å². The van der Waals surface area contributed by atoms with E-state index in [0.29, 0.717) is 53.5 Å². The highest BCUT2D eigenvalue weighted by molar-refractivity contribution is 7.23. The van der Waals surface area contributed by atoms with Crippen LogP contribution in [0.25, 0.3) is 26.4 Å². The van der Waals surface area contributed by atoms with Crippen molar-refractivity contribution in [2.45, 2.75) is 70.7 Å². The third kappa shape index (κ3) is 6.83. The van der Waals surface area contributed by atoms with Crippen molar-refractivity contribution in [3.63, 3.8) is 0 Å². The molecule has 9 nitrogen and oxygen atoms in total. The van der Waals surface area contributed by atoms with Crippen molar-refractivity contribution < 1.29 is 27.8 Å². The summed E-state index contributed by atoms with van der Waals surface area (Å²) >= 11 is 1.41. The van der Waals surface area contributed by atoms with Gasteiger partial charge in [0.1, 0.15) is 23.3 Å². The summed E-state index contributed by atoms with van der Waals surface area (Å²) in [5.74, 6) is -0.193. The molecule has 0 radical (unpaired) electrons.